The number of methoxy groups -OCH3 is 1. The lowest BCUT2D eigenvalue weighted by Crippen LogP contribution is -2.35. The van der Waals surface area contributed by atoms with Crippen molar-refractivity contribution in [2.45, 2.75) is 45.0 Å². The first-order valence-electron chi connectivity index (χ1n) is 16.1. The second-order valence-electron chi connectivity index (χ2n) is 12.5. The van der Waals surface area contributed by atoms with Gasteiger partial charge in [-0.05, 0) is 32.5 Å². The number of nitrogens with zero attached hydrogens (tertiary/aromatic N) is 5. The Kier molecular flexibility index (Phi) is 10.4. The van der Waals surface area contributed by atoms with Gasteiger partial charge in [-0.1, -0.05) is 65.7 Å². The standard InChI is InChI=1S/C36H39Cl2N7O4/c1-21(46)18-43(2)20-31-42-45-19-23(15-30(45)36(48)44(31)3)25-7-5-8-26(33(25)37)27-9-6-10-28(34(27)38)29-13-11-22(35(41-29)49-4)16-39-17-24-12-14-32(47)40-24/h5-11,13,15,19,21,24,39,46H,12,14,16-18,20H2,1-4H3,(H,40,47)/t21-,24-/m1/s1. The Morgan fingerprint density at radius 1 is 1.08 bits per heavy atom. The summed E-state index contributed by atoms with van der Waals surface area (Å²) in [5.41, 5.74) is 5.44. The monoisotopic (exact) mass is 703 g/mol. The normalized spacial score (nSPS) is 15.3. The van der Waals surface area contributed by atoms with Gasteiger partial charge in [-0.25, -0.2) is 9.50 Å². The molecule has 1 fully saturated rings. The van der Waals surface area contributed by atoms with E-state index in [-0.39, 0.29) is 17.5 Å². The Bertz CT molecular complexity index is 2080. The second-order valence-corrected chi connectivity index (χ2v) is 13.3. The molecule has 1 saturated heterocycles. The molecule has 13 heteroatoms. The van der Waals surface area contributed by atoms with Gasteiger partial charge in [0.05, 0.1) is 35.5 Å². The van der Waals surface area contributed by atoms with E-state index >= 15 is 0 Å². The fraction of sp³-hybridized carbons (Fsp3) is 0.333. The third-order valence-electron chi connectivity index (χ3n) is 8.72. The third-order valence-corrected chi connectivity index (χ3v) is 9.53. The summed E-state index contributed by atoms with van der Waals surface area (Å²) in [4.78, 5) is 31.5. The van der Waals surface area contributed by atoms with Crippen molar-refractivity contribution in [1.82, 2.24) is 34.7 Å². The van der Waals surface area contributed by atoms with Gasteiger partial charge in [0.25, 0.3) is 5.56 Å². The summed E-state index contributed by atoms with van der Waals surface area (Å²) in [6, 6.07) is 17.3. The van der Waals surface area contributed by atoms with Gasteiger partial charge in [-0.2, -0.15) is 5.10 Å². The highest BCUT2D eigenvalue weighted by Gasteiger charge is 2.21. The van der Waals surface area contributed by atoms with E-state index in [4.69, 9.17) is 38.0 Å². The minimum atomic E-state index is -0.501. The van der Waals surface area contributed by atoms with Gasteiger partial charge in [-0.15, -0.1) is 0 Å². The number of rotatable bonds is 12. The number of ether oxygens (including phenoxy) is 1. The number of aliphatic hydroxyl groups is 1. The van der Waals surface area contributed by atoms with Crippen molar-refractivity contribution in [2.24, 2.45) is 7.05 Å². The Morgan fingerprint density at radius 2 is 1.78 bits per heavy atom. The van der Waals surface area contributed by atoms with Gasteiger partial charge in [0.15, 0.2) is 0 Å². The topological polar surface area (TPSA) is 126 Å². The molecule has 2 atom stereocenters. The van der Waals surface area contributed by atoms with Crippen LogP contribution in [-0.2, 0) is 24.9 Å². The summed E-state index contributed by atoms with van der Waals surface area (Å²) in [6.07, 6.45) is 2.69. The lowest BCUT2D eigenvalue weighted by Gasteiger charge is -2.19. The summed E-state index contributed by atoms with van der Waals surface area (Å²) in [5.74, 6) is 1.15. The molecule has 0 spiro atoms. The van der Waals surface area contributed by atoms with Crippen molar-refractivity contribution in [3.8, 4) is 39.4 Å². The number of carbonyl (C=O) groups is 1. The van der Waals surface area contributed by atoms with Crippen molar-refractivity contribution < 1.29 is 14.6 Å². The minimum absolute atomic E-state index is 0.0914. The average Bonchev–Trinajstić information content (AvgIpc) is 3.69. The first-order chi connectivity index (χ1) is 23.5. The Labute approximate surface area is 294 Å². The van der Waals surface area contributed by atoms with E-state index in [9.17, 15) is 14.7 Å². The fourth-order valence-corrected chi connectivity index (χ4v) is 6.92. The van der Waals surface area contributed by atoms with Crippen LogP contribution in [0.2, 0.25) is 10.0 Å². The highest BCUT2D eigenvalue weighted by atomic mass is 35.5. The summed E-state index contributed by atoms with van der Waals surface area (Å²) in [7, 11) is 5.16. The average molecular weight is 705 g/mol. The molecule has 1 aliphatic heterocycles. The number of nitrogens with one attached hydrogen (secondary N) is 2. The zero-order chi connectivity index (χ0) is 34.8. The molecular formula is C36H39Cl2N7O4. The molecule has 0 bridgehead atoms. The maximum atomic E-state index is 13.3. The lowest BCUT2D eigenvalue weighted by atomic mass is 9.97. The molecule has 1 aliphatic rings. The van der Waals surface area contributed by atoms with Crippen LogP contribution in [0.1, 0.15) is 31.2 Å². The zero-order valence-corrected chi connectivity index (χ0v) is 29.3. The predicted octanol–water partition coefficient (Wildman–Crippen LogP) is 4.93. The van der Waals surface area contributed by atoms with Crippen molar-refractivity contribution in [1.29, 1.82) is 0 Å². The van der Waals surface area contributed by atoms with Gasteiger partial charge in [0.1, 0.15) is 11.3 Å². The molecule has 256 valence electrons. The Morgan fingerprint density at radius 3 is 2.45 bits per heavy atom. The zero-order valence-electron chi connectivity index (χ0n) is 27.8. The molecule has 2 aromatic carbocycles. The maximum Gasteiger partial charge on any atom is 0.277 e. The summed E-state index contributed by atoms with van der Waals surface area (Å²) >= 11 is 14.2. The number of carbonyl (C=O) groups excluding carboxylic acids is 1. The van der Waals surface area contributed by atoms with Crippen LogP contribution in [0.5, 0.6) is 5.88 Å². The van der Waals surface area contributed by atoms with Crippen molar-refractivity contribution in [3.05, 3.63) is 92.6 Å². The molecule has 1 amide bonds. The van der Waals surface area contributed by atoms with E-state index in [0.29, 0.717) is 65.6 Å². The summed E-state index contributed by atoms with van der Waals surface area (Å²) < 4.78 is 8.76. The third kappa shape index (κ3) is 7.36. The second kappa shape index (κ2) is 14.7. The van der Waals surface area contributed by atoms with Gasteiger partial charge < -0.3 is 20.5 Å². The quantitative estimate of drug-likeness (QED) is 0.167. The van der Waals surface area contributed by atoms with Crippen LogP contribution in [0, 0.1) is 0 Å². The summed E-state index contributed by atoms with van der Waals surface area (Å²) in [6.45, 7) is 3.77. The molecule has 0 saturated carbocycles. The van der Waals surface area contributed by atoms with E-state index in [1.165, 1.54) is 4.57 Å². The van der Waals surface area contributed by atoms with Crippen molar-refractivity contribution in [3.63, 3.8) is 0 Å². The molecule has 4 heterocycles. The molecule has 0 radical (unpaired) electrons. The van der Waals surface area contributed by atoms with E-state index < -0.39 is 6.10 Å². The molecule has 0 unspecified atom stereocenters. The number of amides is 1. The van der Waals surface area contributed by atoms with E-state index in [1.54, 1.807) is 37.9 Å². The van der Waals surface area contributed by atoms with Crippen LogP contribution in [0.15, 0.2) is 65.6 Å². The Balaban J connectivity index is 1.28. The number of aromatic nitrogens is 4. The predicted molar refractivity (Wildman–Crippen MR) is 192 cm³/mol. The number of benzene rings is 2. The molecule has 3 N–H and O–H groups in total. The largest absolute Gasteiger partial charge is 0.481 e. The van der Waals surface area contributed by atoms with Crippen LogP contribution < -0.4 is 20.9 Å². The van der Waals surface area contributed by atoms with E-state index in [1.807, 2.05) is 60.5 Å². The highest BCUT2D eigenvalue weighted by molar-refractivity contribution is 6.39. The van der Waals surface area contributed by atoms with Crippen LogP contribution in [-0.4, -0.2) is 74.5 Å². The van der Waals surface area contributed by atoms with Gasteiger partial charge in [0, 0.05) is 78.7 Å². The molecule has 6 rings (SSSR count). The molecule has 0 aliphatic carbocycles. The summed E-state index contributed by atoms with van der Waals surface area (Å²) in [5, 5.41) is 21.8. The molecule has 49 heavy (non-hydrogen) atoms. The minimum Gasteiger partial charge on any atom is -0.481 e. The Hall–Kier alpha value is -4.26. The van der Waals surface area contributed by atoms with Crippen molar-refractivity contribution >= 4 is 34.6 Å². The number of halogens is 2. The first-order valence-corrected chi connectivity index (χ1v) is 16.9. The van der Waals surface area contributed by atoms with Gasteiger partial charge >= 0.3 is 0 Å². The van der Waals surface area contributed by atoms with Crippen LogP contribution in [0.25, 0.3) is 39.0 Å². The van der Waals surface area contributed by atoms with E-state index in [0.717, 1.165) is 39.8 Å². The highest BCUT2D eigenvalue weighted by Crippen LogP contribution is 2.42. The van der Waals surface area contributed by atoms with Gasteiger partial charge in [0.2, 0.25) is 11.8 Å². The number of hydrogen-bond donors (Lipinski definition) is 3. The molecule has 3 aromatic heterocycles. The first kappa shape index (κ1) is 34.6. The smallest absolute Gasteiger partial charge is 0.277 e. The van der Waals surface area contributed by atoms with Crippen LogP contribution in [0.3, 0.4) is 0 Å². The maximum absolute atomic E-state index is 13.3. The number of hydrogen-bond acceptors (Lipinski definition) is 8. The molecular weight excluding hydrogens is 665 g/mol. The number of fused-ring (bicyclic) bond motifs is 1. The van der Waals surface area contributed by atoms with Crippen LogP contribution >= 0.6 is 23.2 Å². The SMILES string of the molecule is COc1nc(-c2cccc(-c3cccc(-c4cc5c(=O)n(C)c(CN(C)C[C@@H](C)O)nn5c4)c3Cl)c2Cl)ccc1CNC[C@H]1CCC(=O)N1. The number of pyridine rings is 1. The molecule has 5 aromatic rings. The lowest BCUT2D eigenvalue weighted by molar-refractivity contribution is -0.119. The number of likely N-dealkylation sites (N-methyl/N-ethyl adjacent to an activating group) is 1. The number of aliphatic hydroxyl groups excluding tert-OH is 1. The fourth-order valence-electron chi connectivity index (χ4n) is 6.26. The molecule has 11 nitrogen and oxygen atoms in total. The van der Waals surface area contributed by atoms with Gasteiger partial charge in [-0.3, -0.25) is 19.1 Å². The van der Waals surface area contributed by atoms with E-state index in [2.05, 4.69) is 10.6 Å². The van der Waals surface area contributed by atoms with Crippen LogP contribution in [0.4, 0.5) is 0 Å². The van der Waals surface area contributed by atoms with Crippen molar-refractivity contribution in [2.75, 3.05) is 27.2 Å².